The van der Waals surface area contributed by atoms with Crippen LogP contribution in [-0.4, -0.2) is 64.2 Å². The third kappa shape index (κ3) is 10.7. The van der Waals surface area contributed by atoms with Crippen LogP contribution in [0.1, 0.15) is 77.6 Å². The van der Waals surface area contributed by atoms with Crippen LogP contribution in [0.25, 0.3) is 0 Å². The highest BCUT2D eigenvalue weighted by atomic mass is 16.6. The third-order valence-electron chi connectivity index (χ3n) is 6.18. The summed E-state index contributed by atoms with van der Waals surface area (Å²) in [5, 5.41) is 15.2. The van der Waals surface area contributed by atoms with Gasteiger partial charge in [-0.15, -0.1) is 6.42 Å². The van der Waals surface area contributed by atoms with Gasteiger partial charge >= 0.3 is 12.1 Å². The summed E-state index contributed by atoms with van der Waals surface area (Å²) < 4.78 is 10.4. The van der Waals surface area contributed by atoms with E-state index in [1.54, 1.807) is 84.9 Å². The van der Waals surface area contributed by atoms with E-state index in [1.807, 2.05) is 0 Å². The molecule has 10 nitrogen and oxygen atoms in total. The van der Waals surface area contributed by atoms with Crippen LogP contribution >= 0.6 is 0 Å². The van der Waals surface area contributed by atoms with Crippen LogP contribution in [0.3, 0.4) is 0 Å². The van der Waals surface area contributed by atoms with E-state index < -0.39 is 47.1 Å². The molecular formula is C33H43N3O7. The van der Waals surface area contributed by atoms with E-state index in [1.165, 1.54) is 17.0 Å². The lowest BCUT2D eigenvalue weighted by Crippen LogP contribution is -2.59. The molecule has 232 valence electrons. The summed E-state index contributed by atoms with van der Waals surface area (Å²) in [5.41, 5.74) is -0.314. The number of hydrogen-bond acceptors (Lipinski definition) is 7. The maximum Gasteiger partial charge on any atom is 0.408 e. The highest BCUT2D eigenvalue weighted by molar-refractivity contribution is 5.93. The fourth-order valence-corrected chi connectivity index (χ4v) is 4.41. The molecule has 0 heterocycles. The van der Waals surface area contributed by atoms with E-state index in [2.05, 4.69) is 16.6 Å². The number of carbonyl (C=O) groups is 4. The predicted molar refractivity (Wildman–Crippen MR) is 163 cm³/mol. The molecule has 0 aliphatic heterocycles. The summed E-state index contributed by atoms with van der Waals surface area (Å²) in [4.78, 5) is 54.7. The van der Waals surface area contributed by atoms with Crippen molar-refractivity contribution in [3.8, 4) is 18.1 Å². The van der Waals surface area contributed by atoms with Crippen molar-refractivity contribution in [2.75, 3.05) is 13.2 Å². The molecule has 0 fully saturated rings. The summed E-state index contributed by atoms with van der Waals surface area (Å²) in [6.07, 6.45) is 4.98. The van der Waals surface area contributed by atoms with Crippen molar-refractivity contribution in [1.82, 2.24) is 15.5 Å². The lowest BCUT2D eigenvalue weighted by molar-refractivity contribution is -0.149. The van der Waals surface area contributed by atoms with Gasteiger partial charge in [-0.3, -0.25) is 14.4 Å². The Morgan fingerprint density at radius 2 is 1.63 bits per heavy atom. The van der Waals surface area contributed by atoms with Crippen LogP contribution in [-0.2, 0) is 30.3 Å². The lowest BCUT2D eigenvalue weighted by Gasteiger charge is -2.43. The average Bonchev–Trinajstić information content (AvgIpc) is 2.90. The number of alkyl carbamates (subject to hydrolysis) is 1. The summed E-state index contributed by atoms with van der Waals surface area (Å²) >= 11 is 0. The minimum atomic E-state index is -1.22. The molecule has 0 bridgehead atoms. The van der Waals surface area contributed by atoms with Gasteiger partial charge in [0.1, 0.15) is 23.4 Å². The van der Waals surface area contributed by atoms with E-state index in [-0.39, 0.29) is 31.7 Å². The van der Waals surface area contributed by atoms with Crippen molar-refractivity contribution in [2.45, 2.75) is 84.5 Å². The Balaban J connectivity index is 2.61. The predicted octanol–water partition coefficient (Wildman–Crippen LogP) is 4.25. The number of nitrogens with zero attached hydrogens (tertiary/aromatic N) is 1. The van der Waals surface area contributed by atoms with Gasteiger partial charge in [-0.25, -0.2) is 4.79 Å². The molecule has 0 radical (unpaired) electrons. The molecule has 2 unspecified atom stereocenters. The molecule has 0 aliphatic carbocycles. The zero-order valence-electron chi connectivity index (χ0n) is 26.0. The van der Waals surface area contributed by atoms with Gasteiger partial charge in [0.05, 0.1) is 13.0 Å². The number of phenols is 1. The van der Waals surface area contributed by atoms with Crippen molar-refractivity contribution >= 4 is 23.9 Å². The number of benzene rings is 2. The van der Waals surface area contributed by atoms with Crippen LogP contribution in [0, 0.1) is 12.3 Å². The number of esters is 1. The van der Waals surface area contributed by atoms with Crippen molar-refractivity contribution in [3.05, 3.63) is 65.2 Å². The standard InChI is InChI=1S/C33H43N3O7/c1-9-23-13-11-12-14-25(23)28(29(39)34-20-19-27(38)42-10-2)36(32(3,4)5)30(40)26(35-31(41)43-33(6,7)8)21-22-15-17-24(37)18-16-22/h1,11-18,26,28,37H,10,19-21H2,2-8H3,(H,34,39)(H,35,41). The minimum Gasteiger partial charge on any atom is -0.508 e. The second-order valence-corrected chi connectivity index (χ2v) is 11.9. The number of rotatable bonds is 11. The molecule has 3 amide bonds. The van der Waals surface area contributed by atoms with E-state index >= 15 is 0 Å². The fourth-order valence-electron chi connectivity index (χ4n) is 4.41. The third-order valence-corrected chi connectivity index (χ3v) is 6.18. The Morgan fingerprint density at radius 3 is 2.19 bits per heavy atom. The zero-order chi connectivity index (χ0) is 32.4. The first kappa shape index (κ1) is 34.7. The number of phenolic OH excluding ortho intramolecular Hbond substituents is 1. The Kier molecular flexibility index (Phi) is 12.2. The Bertz CT molecular complexity index is 1320. The molecule has 0 saturated carbocycles. The number of nitrogens with one attached hydrogen (secondary N) is 2. The van der Waals surface area contributed by atoms with E-state index in [0.717, 1.165) is 0 Å². The largest absolute Gasteiger partial charge is 0.508 e. The molecule has 10 heteroatoms. The van der Waals surface area contributed by atoms with E-state index in [4.69, 9.17) is 15.9 Å². The van der Waals surface area contributed by atoms with Crippen LogP contribution in [0.5, 0.6) is 5.75 Å². The number of amides is 3. The number of ether oxygens (including phenoxy) is 2. The second kappa shape index (κ2) is 15.1. The molecule has 43 heavy (non-hydrogen) atoms. The van der Waals surface area contributed by atoms with Gasteiger partial charge in [0.25, 0.3) is 0 Å². The van der Waals surface area contributed by atoms with Gasteiger partial charge in [0, 0.05) is 24.1 Å². The van der Waals surface area contributed by atoms with E-state index in [0.29, 0.717) is 16.7 Å². The summed E-state index contributed by atoms with van der Waals surface area (Å²) in [5.74, 6) is 1.05. The van der Waals surface area contributed by atoms with Gasteiger partial charge in [-0.1, -0.05) is 36.3 Å². The highest BCUT2D eigenvalue weighted by Crippen LogP contribution is 2.32. The maximum atomic E-state index is 14.5. The van der Waals surface area contributed by atoms with Gasteiger partial charge in [0.2, 0.25) is 11.8 Å². The van der Waals surface area contributed by atoms with E-state index in [9.17, 15) is 24.3 Å². The quantitative estimate of drug-likeness (QED) is 0.262. The molecule has 2 aromatic carbocycles. The maximum absolute atomic E-state index is 14.5. The monoisotopic (exact) mass is 593 g/mol. The fraction of sp³-hybridized carbons (Fsp3) is 0.455. The van der Waals surface area contributed by atoms with Crippen LogP contribution in [0.2, 0.25) is 0 Å². The Labute approximate surface area is 254 Å². The highest BCUT2D eigenvalue weighted by Gasteiger charge is 2.42. The Hall–Kier alpha value is -4.52. The summed E-state index contributed by atoms with van der Waals surface area (Å²) in [7, 11) is 0. The number of carbonyl (C=O) groups excluding carboxylic acids is 4. The summed E-state index contributed by atoms with van der Waals surface area (Å²) in [6, 6.07) is 10.7. The summed E-state index contributed by atoms with van der Waals surface area (Å²) in [6.45, 7) is 12.3. The average molecular weight is 594 g/mol. The van der Waals surface area contributed by atoms with Gasteiger partial charge in [0.15, 0.2) is 0 Å². The number of aromatic hydroxyl groups is 1. The SMILES string of the molecule is C#Cc1ccccc1C(C(=O)NCCC(=O)OCC)N(C(=O)C(Cc1ccc(O)cc1)NC(=O)OC(C)(C)C)C(C)(C)C. The van der Waals surface area contributed by atoms with Crippen molar-refractivity contribution in [3.63, 3.8) is 0 Å². The molecular weight excluding hydrogens is 550 g/mol. The van der Waals surface area contributed by atoms with Crippen LogP contribution in [0.15, 0.2) is 48.5 Å². The number of terminal acetylenes is 1. The first-order valence-corrected chi connectivity index (χ1v) is 14.2. The molecule has 0 saturated heterocycles. The number of hydrogen-bond donors (Lipinski definition) is 3. The van der Waals surface area contributed by atoms with Crippen LogP contribution < -0.4 is 10.6 Å². The molecule has 2 aromatic rings. The van der Waals surface area contributed by atoms with Gasteiger partial charge in [-0.05, 0) is 77.8 Å². The van der Waals surface area contributed by atoms with Crippen LogP contribution in [0.4, 0.5) is 4.79 Å². The molecule has 0 aliphatic rings. The van der Waals surface area contributed by atoms with Crippen molar-refractivity contribution < 1.29 is 33.8 Å². The minimum absolute atomic E-state index is 0.0222. The smallest absolute Gasteiger partial charge is 0.408 e. The lowest BCUT2D eigenvalue weighted by atomic mass is 9.92. The van der Waals surface area contributed by atoms with Crippen molar-refractivity contribution in [2.24, 2.45) is 0 Å². The topological polar surface area (TPSA) is 134 Å². The molecule has 2 rings (SSSR count). The van der Waals surface area contributed by atoms with Crippen molar-refractivity contribution in [1.29, 1.82) is 0 Å². The normalized spacial score (nSPS) is 12.7. The van der Waals surface area contributed by atoms with Gasteiger partial charge < -0.3 is 30.1 Å². The first-order valence-electron chi connectivity index (χ1n) is 14.2. The Morgan fingerprint density at radius 1 is 1.00 bits per heavy atom. The molecule has 0 aromatic heterocycles. The second-order valence-electron chi connectivity index (χ2n) is 11.9. The first-order chi connectivity index (χ1) is 20.1. The van der Waals surface area contributed by atoms with Gasteiger partial charge in [-0.2, -0.15) is 0 Å². The molecule has 0 spiro atoms. The molecule has 3 N–H and O–H groups in total. The molecule has 2 atom stereocenters. The zero-order valence-corrected chi connectivity index (χ0v) is 26.0.